The molecule has 3 heterocycles. The van der Waals surface area contributed by atoms with Gasteiger partial charge in [0, 0.05) is 64.5 Å². The van der Waals surface area contributed by atoms with Gasteiger partial charge >= 0.3 is 0 Å². The number of hydrogen-bond acceptors (Lipinski definition) is 3. The van der Waals surface area contributed by atoms with Gasteiger partial charge in [-0.15, -0.1) is 11.8 Å². The Hall–Kier alpha value is -2.03. The predicted molar refractivity (Wildman–Crippen MR) is 138 cm³/mol. The van der Waals surface area contributed by atoms with E-state index >= 15 is 8.78 Å². The van der Waals surface area contributed by atoms with Gasteiger partial charge in [0.25, 0.3) is 0 Å². The maximum atomic E-state index is 15.8. The van der Waals surface area contributed by atoms with Gasteiger partial charge in [-0.2, -0.15) is 0 Å². The third-order valence-corrected chi connectivity index (χ3v) is 8.38. The van der Waals surface area contributed by atoms with Crippen LogP contribution in [0.2, 0.25) is 0 Å². The lowest BCUT2D eigenvalue weighted by Crippen LogP contribution is -2.49. The number of fused-ring (bicyclic) bond motifs is 3. The summed E-state index contributed by atoms with van der Waals surface area (Å²) >= 11 is 1.46. The monoisotopic (exact) mass is 519 g/mol. The summed E-state index contributed by atoms with van der Waals surface area (Å²) in [6.45, 7) is 7.00. The molecule has 1 N–H and O–H groups in total. The van der Waals surface area contributed by atoms with Crippen molar-refractivity contribution < 1.29 is 17.6 Å². The van der Waals surface area contributed by atoms with Crippen LogP contribution < -0.4 is 0 Å². The number of thioether (sulfide) groups is 1. The van der Waals surface area contributed by atoms with Crippen LogP contribution >= 0.6 is 11.8 Å². The molecule has 8 heteroatoms. The molecule has 2 aliphatic heterocycles. The SMILES string of the molecule is C[C@@H]1Cc2c([nH]c3ccccc23)[C@@H](c2c(F)cc(SC3CN(CCCF)C3)cc2F)N1CC(C)(C)F. The maximum absolute atomic E-state index is 15.8. The molecule has 36 heavy (non-hydrogen) atoms. The molecule has 0 spiro atoms. The van der Waals surface area contributed by atoms with E-state index in [4.69, 9.17) is 0 Å². The summed E-state index contributed by atoms with van der Waals surface area (Å²) in [7, 11) is 0. The molecule has 194 valence electrons. The predicted octanol–water partition coefficient (Wildman–Crippen LogP) is 6.67. The molecule has 0 radical (unpaired) electrons. The summed E-state index contributed by atoms with van der Waals surface area (Å²) in [5, 5.41) is 1.27. The third kappa shape index (κ3) is 5.04. The standard InChI is InChI=1S/C28H33F4N3S/c1-17-11-21-20-7-4-5-8-24(20)33-26(21)27(35(17)16-28(2,3)32)25-22(30)12-18(13-23(25)31)36-19-14-34(15-19)10-6-9-29/h4-5,7-8,12-13,17,19,27,33H,6,9-11,14-16H2,1-3H3/t17-,27-/m1/s1. The van der Waals surface area contributed by atoms with E-state index in [1.165, 1.54) is 37.7 Å². The van der Waals surface area contributed by atoms with Crippen LogP contribution in [0.15, 0.2) is 41.3 Å². The van der Waals surface area contributed by atoms with Crippen LogP contribution in [0.5, 0.6) is 0 Å². The molecule has 2 atom stereocenters. The summed E-state index contributed by atoms with van der Waals surface area (Å²) in [4.78, 5) is 7.99. The summed E-state index contributed by atoms with van der Waals surface area (Å²) in [6.07, 6.45) is 1.18. The van der Waals surface area contributed by atoms with Crippen LogP contribution in [0.3, 0.4) is 0 Å². The van der Waals surface area contributed by atoms with Crippen LogP contribution in [0, 0.1) is 11.6 Å². The van der Waals surface area contributed by atoms with Crippen LogP contribution in [-0.4, -0.2) is 64.6 Å². The molecule has 5 rings (SSSR count). The van der Waals surface area contributed by atoms with E-state index in [0.29, 0.717) is 24.3 Å². The number of H-pyrrole nitrogens is 1. The number of halogens is 4. The topological polar surface area (TPSA) is 22.3 Å². The highest BCUT2D eigenvalue weighted by Crippen LogP contribution is 2.44. The quantitative estimate of drug-likeness (QED) is 0.336. The fraction of sp³-hybridized carbons (Fsp3) is 0.500. The van der Waals surface area contributed by atoms with Gasteiger partial charge in [-0.1, -0.05) is 18.2 Å². The van der Waals surface area contributed by atoms with Gasteiger partial charge < -0.3 is 9.88 Å². The first-order valence-electron chi connectivity index (χ1n) is 12.6. The second-order valence-electron chi connectivity index (χ2n) is 10.8. The Kier molecular flexibility index (Phi) is 7.13. The summed E-state index contributed by atoms with van der Waals surface area (Å²) in [5.74, 6) is -1.23. The number of benzene rings is 2. The Labute approximate surface area is 214 Å². The Bertz CT molecular complexity index is 1210. The first-order chi connectivity index (χ1) is 17.1. The molecule has 2 aliphatic rings. The highest BCUT2D eigenvalue weighted by Gasteiger charge is 2.41. The number of nitrogens with zero attached hydrogens (tertiary/aromatic N) is 2. The van der Waals surface area contributed by atoms with Crippen LogP contribution in [0.1, 0.15) is 50.1 Å². The van der Waals surface area contributed by atoms with E-state index in [1.54, 1.807) is 0 Å². The Morgan fingerprint density at radius 2 is 1.81 bits per heavy atom. The molecule has 0 saturated carbocycles. The number of aromatic nitrogens is 1. The maximum Gasteiger partial charge on any atom is 0.132 e. The van der Waals surface area contributed by atoms with Gasteiger partial charge in [0.15, 0.2) is 0 Å². The van der Waals surface area contributed by atoms with E-state index in [-0.39, 0.29) is 30.1 Å². The highest BCUT2D eigenvalue weighted by molar-refractivity contribution is 8.00. The first kappa shape index (κ1) is 25.6. The molecular weight excluding hydrogens is 486 g/mol. The molecule has 1 aromatic heterocycles. The van der Waals surface area contributed by atoms with Crippen LogP contribution in [0.25, 0.3) is 10.9 Å². The van der Waals surface area contributed by atoms with E-state index < -0.39 is 23.3 Å². The number of alkyl halides is 2. The van der Waals surface area contributed by atoms with Crippen LogP contribution in [-0.2, 0) is 6.42 Å². The molecule has 0 amide bonds. The van der Waals surface area contributed by atoms with Crippen molar-refractivity contribution in [2.45, 2.75) is 61.5 Å². The average molecular weight is 520 g/mol. The smallest absolute Gasteiger partial charge is 0.132 e. The molecule has 0 unspecified atom stereocenters. The lowest BCUT2D eigenvalue weighted by atomic mass is 9.87. The Balaban J connectivity index is 1.50. The molecule has 1 fully saturated rings. The molecule has 0 bridgehead atoms. The van der Waals surface area contributed by atoms with Gasteiger partial charge in [0.1, 0.15) is 17.3 Å². The third-order valence-electron chi connectivity index (χ3n) is 7.24. The summed E-state index contributed by atoms with van der Waals surface area (Å²) in [6, 6.07) is 9.82. The minimum absolute atomic E-state index is 0.0406. The fourth-order valence-corrected chi connectivity index (χ4v) is 6.94. The number of nitrogens with one attached hydrogen (secondary N) is 1. The minimum Gasteiger partial charge on any atom is -0.357 e. The van der Waals surface area contributed by atoms with Gasteiger partial charge in [-0.25, -0.2) is 13.2 Å². The number of hydrogen-bond donors (Lipinski definition) is 1. The largest absolute Gasteiger partial charge is 0.357 e. The van der Waals surface area contributed by atoms with Crippen molar-refractivity contribution in [2.75, 3.05) is 32.9 Å². The van der Waals surface area contributed by atoms with Crippen molar-refractivity contribution in [2.24, 2.45) is 0 Å². The van der Waals surface area contributed by atoms with Crippen molar-refractivity contribution in [3.8, 4) is 0 Å². The lowest BCUT2D eigenvalue weighted by Gasteiger charge is -2.43. The molecule has 1 saturated heterocycles. The van der Waals surface area contributed by atoms with E-state index in [2.05, 4.69) is 9.88 Å². The zero-order valence-electron chi connectivity index (χ0n) is 21.0. The zero-order valence-corrected chi connectivity index (χ0v) is 21.8. The second kappa shape index (κ2) is 10.0. The zero-order chi connectivity index (χ0) is 25.6. The summed E-state index contributed by atoms with van der Waals surface area (Å²) < 4.78 is 58.8. The van der Waals surface area contributed by atoms with Gasteiger partial charge in [-0.05, 0) is 57.4 Å². The molecular formula is C28H33F4N3S. The Morgan fingerprint density at radius 1 is 1.11 bits per heavy atom. The molecule has 0 aliphatic carbocycles. The van der Waals surface area contributed by atoms with E-state index in [0.717, 1.165) is 35.2 Å². The number of likely N-dealkylation sites (tertiary alicyclic amines) is 1. The van der Waals surface area contributed by atoms with Crippen molar-refractivity contribution in [1.29, 1.82) is 0 Å². The van der Waals surface area contributed by atoms with Gasteiger partial charge in [-0.3, -0.25) is 9.29 Å². The van der Waals surface area contributed by atoms with E-state index in [1.807, 2.05) is 36.1 Å². The highest BCUT2D eigenvalue weighted by atomic mass is 32.2. The average Bonchev–Trinajstić information content (AvgIpc) is 3.14. The second-order valence-corrected chi connectivity index (χ2v) is 12.1. The fourth-order valence-electron chi connectivity index (χ4n) is 5.64. The van der Waals surface area contributed by atoms with Crippen LogP contribution in [0.4, 0.5) is 17.6 Å². The minimum atomic E-state index is -1.53. The first-order valence-corrected chi connectivity index (χ1v) is 13.5. The van der Waals surface area contributed by atoms with Crippen molar-refractivity contribution in [3.05, 3.63) is 64.9 Å². The lowest BCUT2D eigenvalue weighted by molar-refractivity contribution is 0.0642. The summed E-state index contributed by atoms with van der Waals surface area (Å²) in [5.41, 5.74) is 1.12. The van der Waals surface area contributed by atoms with Gasteiger partial charge in [0.2, 0.25) is 0 Å². The molecule has 2 aromatic carbocycles. The van der Waals surface area contributed by atoms with E-state index in [9.17, 15) is 8.78 Å². The molecule has 3 aromatic rings. The Morgan fingerprint density at radius 3 is 2.47 bits per heavy atom. The number of rotatable bonds is 8. The normalized spacial score (nSPS) is 21.6. The van der Waals surface area contributed by atoms with Crippen molar-refractivity contribution >= 4 is 22.7 Å². The molecule has 3 nitrogen and oxygen atoms in total. The van der Waals surface area contributed by atoms with Crippen molar-refractivity contribution in [1.82, 2.24) is 14.8 Å². The van der Waals surface area contributed by atoms with Gasteiger partial charge in [0.05, 0.1) is 12.7 Å². The van der Waals surface area contributed by atoms with Crippen molar-refractivity contribution in [3.63, 3.8) is 0 Å². The number of para-hydroxylation sites is 1. The number of aromatic amines is 1.